The van der Waals surface area contributed by atoms with Gasteiger partial charge in [-0.2, -0.15) is 0 Å². The highest BCUT2D eigenvalue weighted by molar-refractivity contribution is 5.98. The van der Waals surface area contributed by atoms with Gasteiger partial charge in [0.15, 0.2) is 6.29 Å². The van der Waals surface area contributed by atoms with Gasteiger partial charge in [0.1, 0.15) is 39.2 Å². The Bertz CT molecular complexity index is 1120. The topological polar surface area (TPSA) is 76.4 Å². The van der Waals surface area contributed by atoms with Crippen LogP contribution in [0.25, 0.3) is 21.9 Å². The van der Waals surface area contributed by atoms with Gasteiger partial charge in [-0.15, -0.1) is 0 Å². The van der Waals surface area contributed by atoms with Gasteiger partial charge in [0.25, 0.3) is 0 Å². The average molecular weight is 370 g/mol. The van der Waals surface area contributed by atoms with E-state index in [-0.39, 0.29) is 17.6 Å². The summed E-state index contributed by atoms with van der Waals surface area (Å²) in [6.45, 7) is 0. The molecule has 0 bridgehead atoms. The molecule has 0 amide bonds. The summed E-state index contributed by atoms with van der Waals surface area (Å²) in [4.78, 5) is 13.3. The van der Waals surface area contributed by atoms with E-state index in [1.165, 1.54) is 14.2 Å². The fourth-order valence-electron chi connectivity index (χ4n) is 4.04. The lowest BCUT2D eigenvalue weighted by atomic mass is 9.95. The van der Waals surface area contributed by atoms with E-state index in [1.54, 1.807) is 31.4 Å². The molecule has 2 aromatic carbocycles. The van der Waals surface area contributed by atoms with E-state index in [1.807, 2.05) is 0 Å². The first-order valence-corrected chi connectivity index (χ1v) is 8.65. The lowest BCUT2D eigenvalue weighted by molar-refractivity contribution is -0.162. The number of ether oxygens (including phenoxy) is 5. The minimum atomic E-state index is -0.466. The van der Waals surface area contributed by atoms with E-state index < -0.39 is 6.29 Å². The first-order valence-electron chi connectivity index (χ1n) is 8.65. The highest BCUT2D eigenvalue weighted by atomic mass is 16.8. The molecule has 5 rings (SSSR count). The first-order chi connectivity index (χ1) is 13.2. The van der Waals surface area contributed by atoms with Crippen molar-refractivity contribution in [3.8, 4) is 17.2 Å². The van der Waals surface area contributed by atoms with Crippen molar-refractivity contribution in [1.82, 2.24) is 0 Å². The maximum Gasteiger partial charge on any atom is 0.209 e. The highest BCUT2D eigenvalue weighted by Crippen LogP contribution is 2.51. The Morgan fingerprint density at radius 1 is 1.07 bits per heavy atom. The van der Waals surface area contributed by atoms with Crippen molar-refractivity contribution in [2.24, 2.45) is 0 Å². The van der Waals surface area contributed by atoms with E-state index in [9.17, 15) is 4.79 Å². The summed E-state index contributed by atoms with van der Waals surface area (Å²) in [5.41, 5.74) is 1.53. The zero-order valence-electron chi connectivity index (χ0n) is 15.1. The summed E-state index contributed by atoms with van der Waals surface area (Å²) in [5, 5.41) is 0.761. The Kier molecular flexibility index (Phi) is 3.57. The van der Waals surface area contributed by atoms with Crippen LogP contribution in [0.5, 0.6) is 17.2 Å². The fourth-order valence-corrected chi connectivity index (χ4v) is 4.04. The van der Waals surface area contributed by atoms with Gasteiger partial charge in [-0.3, -0.25) is 4.79 Å². The Morgan fingerprint density at radius 3 is 2.63 bits per heavy atom. The average Bonchev–Trinajstić information content (AvgIpc) is 3.23. The van der Waals surface area contributed by atoms with Crippen LogP contribution in [0.3, 0.4) is 0 Å². The van der Waals surface area contributed by atoms with Gasteiger partial charge < -0.3 is 28.1 Å². The molecule has 3 atom stereocenters. The summed E-state index contributed by atoms with van der Waals surface area (Å²) < 4.78 is 34.0. The first kappa shape index (κ1) is 16.4. The van der Waals surface area contributed by atoms with Crippen LogP contribution in [0.4, 0.5) is 0 Å². The van der Waals surface area contributed by atoms with Crippen molar-refractivity contribution in [3.05, 3.63) is 40.1 Å². The summed E-state index contributed by atoms with van der Waals surface area (Å²) in [6, 6.07) is 6.99. The van der Waals surface area contributed by atoms with Crippen LogP contribution in [0, 0.1) is 0 Å². The van der Waals surface area contributed by atoms with Crippen LogP contribution in [0.15, 0.2) is 33.5 Å². The molecule has 27 heavy (non-hydrogen) atoms. The number of hydrogen-bond donors (Lipinski definition) is 0. The van der Waals surface area contributed by atoms with E-state index >= 15 is 0 Å². The Balaban J connectivity index is 1.87. The predicted molar refractivity (Wildman–Crippen MR) is 96.8 cm³/mol. The molecule has 0 unspecified atom stereocenters. The van der Waals surface area contributed by atoms with Gasteiger partial charge in [-0.25, -0.2) is 0 Å². The molecule has 0 N–H and O–H groups in total. The Morgan fingerprint density at radius 2 is 1.89 bits per heavy atom. The van der Waals surface area contributed by atoms with Gasteiger partial charge in [-0.1, -0.05) is 6.07 Å². The lowest BCUT2D eigenvalue weighted by Gasteiger charge is -2.14. The molecule has 0 saturated carbocycles. The number of fused-ring (bicyclic) bond motifs is 6. The molecule has 0 spiro atoms. The van der Waals surface area contributed by atoms with Gasteiger partial charge in [0, 0.05) is 25.2 Å². The summed E-state index contributed by atoms with van der Waals surface area (Å²) in [7, 11) is 4.64. The van der Waals surface area contributed by atoms with Crippen molar-refractivity contribution in [2.45, 2.75) is 24.9 Å². The van der Waals surface area contributed by atoms with Crippen LogP contribution in [-0.4, -0.2) is 33.9 Å². The Labute approximate surface area is 154 Å². The monoisotopic (exact) mass is 370 g/mol. The second kappa shape index (κ2) is 5.87. The third-order valence-corrected chi connectivity index (χ3v) is 5.28. The number of methoxy groups -OCH3 is 3. The second-order valence-corrected chi connectivity index (χ2v) is 6.59. The number of benzene rings is 2. The molecule has 0 aliphatic carbocycles. The molecule has 2 aliphatic rings. The SMILES string of the molecule is COc1cccc2oc3c4c(cc(OC)c3c(=O)c12)O[C@H]1O[C@@H](OC)C[C@@H]41. The van der Waals surface area contributed by atoms with Crippen LogP contribution in [0.2, 0.25) is 0 Å². The highest BCUT2D eigenvalue weighted by Gasteiger charge is 2.46. The lowest BCUT2D eigenvalue weighted by Crippen LogP contribution is -2.17. The van der Waals surface area contributed by atoms with Crippen LogP contribution >= 0.6 is 0 Å². The standard InChI is InChI=1S/C20H18O7/c1-22-10-5-4-6-11-16(10)18(21)17-12(23-2)8-13-15(19(17)25-11)9-7-14(24-3)27-20(9)26-13/h4-6,8-9,14,20H,7H2,1-3H3/t9-,14+,20-/m0/s1. The van der Waals surface area contributed by atoms with Crippen molar-refractivity contribution in [1.29, 1.82) is 0 Å². The Hall–Kier alpha value is -2.77. The molecule has 1 aromatic heterocycles. The van der Waals surface area contributed by atoms with Crippen molar-refractivity contribution < 1.29 is 28.1 Å². The zero-order chi connectivity index (χ0) is 18.7. The maximum absolute atomic E-state index is 13.3. The van der Waals surface area contributed by atoms with E-state index in [2.05, 4.69) is 0 Å². The van der Waals surface area contributed by atoms with Gasteiger partial charge in [-0.05, 0) is 12.1 Å². The van der Waals surface area contributed by atoms with Crippen molar-refractivity contribution in [3.63, 3.8) is 0 Å². The van der Waals surface area contributed by atoms with Crippen LogP contribution < -0.4 is 19.6 Å². The molecule has 140 valence electrons. The van der Waals surface area contributed by atoms with Gasteiger partial charge >= 0.3 is 0 Å². The largest absolute Gasteiger partial charge is 0.496 e. The minimum Gasteiger partial charge on any atom is -0.496 e. The van der Waals surface area contributed by atoms with E-state index in [0.29, 0.717) is 45.6 Å². The molecule has 3 aromatic rings. The summed E-state index contributed by atoms with van der Waals surface area (Å²) >= 11 is 0. The van der Waals surface area contributed by atoms with E-state index in [0.717, 1.165) is 5.56 Å². The molecule has 3 heterocycles. The van der Waals surface area contributed by atoms with E-state index in [4.69, 9.17) is 28.1 Å². The van der Waals surface area contributed by atoms with Crippen molar-refractivity contribution >= 4 is 21.9 Å². The van der Waals surface area contributed by atoms with Crippen LogP contribution in [-0.2, 0) is 9.47 Å². The molecule has 7 nitrogen and oxygen atoms in total. The third kappa shape index (κ3) is 2.18. The van der Waals surface area contributed by atoms with Crippen LogP contribution in [0.1, 0.15) is 17.9 Å². The number of hydrogen-bond acceptors (Lipinski definition) is 7. The molecule has 1 fully saturated rings. The van der Waals surface area contributed by atoms with Gasteiger partial charge in [0.05, 0.1) is 20.1 Å². The molecule has 1 saturated heterocycles. The summed E-state index contributed by atoms with van der Waals surface area (Å²) in [5.74, 6) is 1.39. The van der Waals surface area contributed by atoms with Gasteiger partial charge in [0.2, 0.25) is 11.7 Å². The number of rotatable bonds is 3. The predicted octanol–water partition coefficient (Wildman–Crippen LogP) is 3.16. The molecule has 7 heteroatoms. The molecule has 0 radical (unpaired) electrons. The normalized spacial score (nSPS) is 23.3. The fraction of sp³-hybridized carbons (Fsp3) is 0.350. The maximum atomic E-state index is 13.3. The molecular weight excluding hydrogens is 352 g/mol. The summed E-state index contributed by atoms with van der Waals surface area (Å²) in [6.07, 6.45) is -0.195. The zero-order valence-corrected chi connectivity index (χ0v) is 15.1. The molecule has 2 aliphatic heterocycles. The second-order valence-electron chi connectivity index (χ2n) is 6.59. The third-order valence-electron chi connectivity index (χ3n) is 5.28. The van der Waals surface area contributed by atoms with Crippen molar-refractivity contribution in [2.75, 3.05) is 21.3 Å². The minimum absolute atomic E-state index is 0.0791. The smallest absolute Gasteiger partial charge is 0.209 e. The molecular formula is C20H18O7. The quantitative estimate of drug-likeness (QED) is 0.656.